The van der Waals surface area contributed by atoms with Crippen LogP contribution in [0.25, 0.3) is 0 Å². The van der Waals surface area contributed by atoms with Gasteiger partial charge in [0.05, 0.1) is 12.1 Å². The van der Waals surface area contributed by atoms with Crippen molar-refractivity contribution in [1.82, 2.24) is 4.90 Å². The molecule has 0 saturated heterocycles. The van der Waals surface area contributed by atoms with Gasteiger partial charge in [0.25, 0.3) is 0 Å². The molecule has 0 aromatic heterocycles. The molecule has 28 heavy (non-hydrogen) atoms. The topological polar surface area (TPSA) is 191 Å². The molecule has 0 aliphatic carbocycles. The summed E-state index contributed by atoms with van der Waals surface area (Å²) in [5.41, 5.74) is 22.6. The number of nitrogens with zero attached hydrogens (tertiary/aromatic N) is 2. The number of aliphatic carboxylic acids is 1. The first kappa shape index (κ1) is 25.8. The van der Waals surface area contributed by atoms with Crippen molar-refractivity contribution in [2.24, 2.45) is 39.8 Å². The number of carboxylic acid groups (broad SMARTS) is 1. The van der Waals surface area contributed by atoms with Gasteiger partial charge in [0.15, 0.2) is 5.96 Å². The van der Waals surface area contributed by atoms with E-state index in [1.54, 1.807) is 13.8 Å². The summed E-state index contributed by atoms with van der Waals surface area (Å²) in [7, 11) is 0. The van der Waals surface area contributed by atoms with Crippen molar-refractivity contribution < 1.29 is 19.5 Å². The molecule has 0 aromatic carbocycles. The first-order valence-corrected chi connectivity index (χ1v) is 9.65. The summed E-state index contributed by atoms with van der Waals surface area (Å²) in [5, 5.41) is 9.69. The largest absolute Gasteiger partial charge is 0.480 e. The number of hydrogen-bond donors (Lipinski definition) is 5. The summed E-state index contributed by atoms with van der Waals surface area (Å²) < 4.78 is 0. The van der Waals surface area contributed by atoms with Gasteiger partial charge in [-0.2, -0.15) is 0 Å². The molecule has 9 N–H and O–H groups in total. The highest BCUT2D eigenvalue weighted by Gasteiger charge is 2.40. The maximum absolute atomic E-state index is 13.0. The molecule has 2 amide bonds. The monoisotopic (exact) mass is 400 g/mol. The Morgan fingerprint density at radius 1 is 0.964 bits per heavy atom. The van der Waals surface area contributed by atoms with E-state index in [1.807, 2.05) is 13.8 Å². The van der Waals surface area contributed by atoms with Gasteiger partial charge in [0.1, 0.15) is 6.04 Å². The Kier molecular flexibility index (Phi) is 11.3. The van der Waals surface area contributed by atoms with Gasteiger partial charge in [0, 0.05) is 6.54 Å². The molecule has 0 rings (SSSR count). The SMILES string of the molecule is CC[C@H](C)[C@H](N)C(=O)N(C(=O)[C@@H](N)[C@@H](C)CC)[C@@H](CCCN=C(N)N)C(=O)O. The maximum atomic E-state index is 13.0. The number of hydrogen-bond acceptors (Lipinski definition) is 6. The number of aliphatic imine (C=N–C) groups is 1. The third-order valence-corrected chi connectivity index (χ3v) is 5.09. The Bertz CT molecular complexity index is 536. The third kappa shape index (κ3) is 7.43. The van der Waals surface area contributed by atoms with E-state index in [1.165, 1.54) is 0 Å². The van der Waals surface area contributed by atoms with Crippen LogP contribution in [-0.4, -0.2) is 58.4 Å². The van der Waals surface area contributed by atoms with Crippen LogP contribution in [0.5, 0.6) is 0 Å². The van der Waals surface area contributed by atoms with Crippen LogP contribution < -0.4 is 22.9 Å². The minimum atomic E-state index is -1.39. The van der Waals surface area contributed by atoms with E-state index in [4.69, 9.17) is 22.9 Å². The summed E-state index contributed by atoms with van der Waals surface area (Å²) in [4.78, 5) is 42.4. The van der Waals surface area contributed by atoms with Gasteiger partial charge in [0.2, 0.25) is 11.8 Å². The van der Waals surface area contributed by atoms with E-state index in [9.17, 15) is 19.5 Å². The summed E-state index contributed by atoms with van der Waals surface area (Å²) in [5.74, 6) is -3.33. The lowest BCUT2D eigenvalue weighted by molar-refractivity contribution is -0.160. The van der Waals surface area contributed by atoms with Crippen LogP contribution >= 0.6 is 0 Å². The highest BCUT2D eigenvalue weighted by atomic mass is 16.4. The molecule has 10 heteroatoms. The van der Waals surface area contributed by atoms with Gasteiger partial charge in [-0.1, -0.05) is 40.5 Å². The highest BCUT2D eigenvalue weighted by molar-refractivity contribution is 6.03. The summed E-state index contributed by atoms with van der Waals surface area (Å²) in [6, 6.07) is -3.39. The van der Waals surface area contributed by atoms with Crippen LogP contribution in [0.1, 0.15) is 53.4 Å². The van der Waals surface area contributed by atoms with Crippen molar-refractivity contribution in [2.75, 3.05) is 6.54 Å². The zero-order valence-corrected chi connectivity index (χ0v) is 17.3. The van der Waals surface area contributed by atoms with Crippen molar-refractivity contribution >= 4 is 23.7 Å². The molecule has 0 fully saturated rings. The molecular formula is C18H36N6O4. The summed E-state index contributed by atoms with van der Waals surface area (Å²) in [6.07, 6.45) is 1.47. The Labute approximate surface area is 166 Å². The van der Waals surface area contributed by atoms with E-state index in [0.29, 0.717) is 12.8 Å². The quantitative estimate of drug-likeness (QED) is 0.166. The number of carbonyl (C=O) groups excluding carboxylic acids is 2. The number of nitrogens with two attached hydrogens (primary N) is 4. The molecule has 0 heterocycles. The van der Waals surface area contributed by atoms with Gasteiger partial charge in [-0.15, -0.1) is 0 Å². The van der Waals surface area contributed by atoms with Crippen LogP contribution in [0.2, 0.25) is 0 Å². The Balaban J connectivity index is 5.80. The van der Waals surface area contributed by atoms with E-state index in [0.717, 1.165) is 4.90 Å². The molecule has 0 aromatic rings. The second kappa shape index (κ2) is 12.3. The first-order chi connectivity index (χ1) is 13.0. The van der Waals surface area contributed by atoms with E-state index >= 15 is 0 Å². The lowest BCUT2D eigenvalue weighted by Gasteiger charge is -2.33. The van der Waals surface area contributed by atoms with Crippen LogP contribution in [0.4, 0.5) is 0 Å². The van der Waals surface area contributed by atoms with Crippen LogP contribution in [0, 0.1) is 11.8 Å². The van der Waals surface area contributed by atoms with Gasteiger partial charge in [-0.05, 0) is 24.7 Å². The molecule has 0 spiro atoms. The molecule has 0 saturated carbocycles. The number of imide groups is 1. The molecule has 0 radical (unpaired) electrons. The molecule has 10 nitrogen and oxygen atoms in total. The Morgan fingerprint density at radius 2 is 1.39 bits per heavy atom. The van der Waals surface area contributed by atoms with Crippen LogP contribution in [0.3, 0.4) is 0 Å². The second-order valence-electron chi connectivity index (χ2n) is 7.17. The summed E-state index contributed by atoms with van der Waals surface area (Å²) >= 11 is 0. The number of amides is 2. The van der Waals surface area contributed by atoms with Crippen molar-refractivity contribution in [2.45, 2.75) is 71.5 Å². The minimum Gasteiger partial charge on any atom is -0.480 e. The average Bonchev–Trinajstić information content (AvgIpc) is 2.66. The van der Waals surface area contributed by atoms with E-state index < -0.39 is 35.9 Å². The number of rotatable bonds is 12. The standard InChI is InChI=1S/C18H36N6O4/c1-5-10(3)13(19)15(25)24(16(26)14(20)11(4)6-2)12(17(27)28)8-7-9-23-18(21)22/h10-14H,5-9,19-20H2,1-4H3,(H,27,28)(H4,21,22,23)/t10-,11-,12-,13-,14-/m0/s1. The van der Waals surface area contributed by atoms with Crippen molar-refractivity contribution in [3.05, 3.63) is 0 Å². The van der Waals surface area contributed by atoms with Crippen molar-refractivity contribution in [1.29, 1.82) is 0 Å². The maximum Gasteiger partial charge on any atom is 0.326 e. The van der Waals surface area contributed by atoms with Gasteiger partial charge >= 0.3 is 5.97 Å². The average molecular weight is 401 g/mol. The number of carbonyl (C=O) groups is 3. The molecule has 0 aliphatic heterocycles. The molecule has 0 bridgehead atoms. The van der Waals surface area contributed by atoms with Crippen molar-refractivity contribution in [3.63, 3.8) is 0 Å². The predicted octanol–water partition coefficient (Wildman–Crippen LogP) is -0.405. The minimum absolute atomic E-state index is 0.00988. The third-order valence-electron chi connectivity index (χ3n) is 5.09. The lowest BCUT2D eigenvalue weighted by Crippen LogP contribution is -2.60. The fourth-order valence-corrected chi connectivity index (χ4v) is 2.59. The molecular weight excluding hydrogens is 364 g/mol. The van der Waals surface area contributed by atoms with Crippen LogP contribution in [0.15, 0.2) is 4.99 Å². The fraction of sp³-hybridized carbons (Fsp3) is 0.778. The van der Waals surface area contributed by atoms with Crippen LogP contribution in [-0.2, 0) is 14.4 Å². The molecule has 5 atom stereocenters. The first-order valence-electron chi connectivity index (χ1n) is 9.65. The fourth-order valence-electron chi connectivity index (χ4n) is 2.59. The Morgan fingerprint density at radius 3 is 1.71 bits per heavy atom. The Hall–Kier alpha value is -2.20. The molecule has 0 unspecified atom stereocenters. The van der Waals surface area contributed by atoms with Gasteiger partial charge in [-0.25, -0.2) is 4.79 Å². The molecule has 0 aliphatic rings. The van der Waals surface area contributed by atoms with Crippen molar-refractivity contribution in [3.8, 4) is 0 Å². The van der Waals surface area contributed by atoms with Gasteiger partial charge in [-0.3, -0.25) is 19.5 Å². The zero-order valence-electron chi connectivity index (χ0n) is 17.3. The van der Waals surface area contributed by atoms with E-state index in [-0.39, 0.29) is 37.2 Å². The molecule has 162 valence electrons. The van der Waals surface area contributed by atoms with Gasteiger partial charge < -0.3 is 28.0 Å². The summed E-state index contributed by atoms with van der Waals surface area (Å²) in [6.45, 7) is 7.44. The smallest absolute Gasteiger partial charge is 0.326 e. The predicted molar refractivity (Wildman–Crippen MR) is 108 cm³/mol. The highest BCUT2D eigenvalue weighted by Crippen LogP contribution is 2.18. The number of guanidine groups is 1. The van der Waals surface area contributed by atoms with E-state index in [2.05, 4.69) is 4.99 Å². The second-order valence-corrected chi connectivity index (χ2v) is 7.17. The zero-order chi connectivity index (χ0) is 22.0. The normalized spacial score (nSPS) is 16.4. The number of carboxylic acids is 1. The lowest BCUT2D eigenvalue weighted by atomic mass is 9.94.